The van der Waals surface area contributed by atoms with Gasteiger partial charge in [-0.1, -0.05) is 6.07 Å². The van der Waals surface area contributed by atoms with Crippen LogP contribution in [0.5, 0.6) is 0 Å². The Morgan fingerprint density at radius 3 is 2.70 bits per heavy atom. The highest BCUT2D eigenvalue weighted by atomic mass is 16.4. The number of oxazole rings is 1. The number of aryl methyl sites for hydroxylation is 3. The first-order valence-corrected chi connectivity index (χ1v) is 11.8. The van der Waals surface area contributed by atoms with Crippen molar-refractivity contribution in [2.24, 2.45) is 0 Å². The van der Waals surface area contributed by atoms with Crippen molar-refractivity contribution in [1.82, 2.24) is 24.8 Å². The summed E-state index contributed by atoms with van der Waals surface area (Å²) < 4.78 is 5.65. The third-order valence-corrected chi connectivity index (χ3v) is 6.60. The monoisotopic (exact) mass is 446 g/mol. The molecule has 0 bridgehead atoms. The molecule has 8 heteroatoms. The Kier molecular flexibility index (Phi) is 5.83. The summed E-state index contributed by atoms with van der Waals surface area (Å²) in [6.07, 6.45) is 6.72. The van der Waals surface area contributed by atoms with E-state index in [4.69, 9.17) is 14.4 Å². The van der Waals surface area contributed by atoms with E-state index in [2.05, 4.69) is 21.8 Å². The molecule has 2 aliphatic rings. The number of fused-ring (bicyclic) bond motifs is 1. The zero-order chi connectivity index (χ0) is 22.9. The molecule has 2 aliphatic heterocycles. The average Bonchev–Trinajstić information content (AvgIpc) is 3.17. The predicted molar refractivity (Wildman–Crippen MR) is 124 cm³/mol. The molecule has 0 N–H and O–H groups in total. The number of anilines is 1. The normalized spacial score (nSPS) is 18.3. The van der Waals surface area contributed by atoms with Crippen LogP contribution in [0.2, 0.25) is 0 Å². The molecule has 0 aliphatic carbocycles. The lowest BCUT2D eigenvalue weighted by Crippen LogP contribution is -2.40. The van der Waals surface area contributed by atoms with E-state index in [1.807, 2.05) is 36.2 Å². The van der Waals surface area contributed by atoms with Crippen LogP contribution in [-0.2, 0) is 13.0 Å². The molecular formula is C25H30N6O2. The Morgan fingerprint density at radius 2 is 1.94 bits per heavy atom. The van der Waals surface area contributed by atoms with Gasteiger partial charge in [-0.25, -0.2) is 15.0 Å². The second-order valence-corrected chi connectivity index (χ2v) is 8.97. The van der Waals surface area contributed by atoms with Gasteiger partial charge in [0, 0.05) is 37.5 Å². The van der Waals surface area contributed by atoms with Crippen LogP contribution in [0.15, 0.2) is 28.8 Å². The van der Waals surface area contributed by atoms with Crippen molar-refractivity contribution in [1.29, 1.82) is 0 Å². The summed E-state index contributed by atoms with van der Waals surface area (Å²) in [5, 5.41) is 0. The van der Waals surface area contributed by atoms with Gasteiger partial charge >= 0.3 is 0 Å². The van der Waals surface area contributed by atoms with Crippen molar-refractivity contribution in [3.63, 3.8) is 0 Å². The van der Waals surface area contributed by atoms with E-state index >= 15 is 0 Å². The maximum Gasteiger partial charge on any atom is 0.292 e. The summed E-state index contributed by atoms with van der Waals surface area (Å²) in [5.41, 5.74) is 3.86. The summed E-state index contributed by atoms with van der Waals surface area (Å²) in [6, 6.07) is 5.83. The number of pyridine rings is 1. The molecule has 0 aromatic carbocycles. The minimum absolute atomic E-state index is 0.123. The molecule has 0 unspecified atom stereocenters. The van der Waals surface area contributed by atoms with Gasteiger partial charge in [0.1, 0.15) is 5.82 Å². The lowest BCUT2D eigenvalue weighted by Gasteiger charge is -2.36. The summed E-state index contributed by atoms with van der Waals surface area (Å²) in [4.78, 5) is 36.4. The molecule has 33 heavy (non-hydrogen) atoms. The van der Waals surface area contributed by atoms with Crippen LogP contribution in [0.4, 0.5) is 5.82 Å². The fourth-order valence-electron chi connectivity index (χ4n) is 5.00. The maximum atomic E-state index is 13.4. The van der Waals surface area contributed by atoms with Gasteiger partial charge in [-0.2, -0.15) is 0 Å². The Labute approximate surface area is 194 Å². The number of hydrogen-bond donors (Lipinski definition) is 0. The minimum atomic E-state index is -0.168. The third-order valence-electron chi connectivity index (χ3n) is 6.60. The quantitative estimate of drug-likeness (QED) is 0.596. The van der Waals surface area contributed by atoms with Gasteiger partial charge in [0.25, 0.3) is 5.91 Å². The number of aromatic nitrogens is 4. The van der Waals surface area contributed by atoms with Crippen LogP contribution >= 0.6 is 0 Å². The smallest absolute Gasteiger partial charge is 0.292 e. The highest BCUT2D eigenvalue weighted by molar-refractivity contribution is 5.92. The highest BCUT2D eigenvalue weighted by Gasteiger charge is 2.35. The standard InChI is InChI=1S/C25H30N6O2/c1-16-20-10-8-13-30(15-19-9-4-6-12-26-19)24(20)29-23(28-16)21-11-5-7-14-31(21)25(32)22-17(2)27-18(3)33-22/h4,6,9,12,21H,5,7-8,10-11,13-15H2,1-3H3/t21-/m0/s1. The molecule has 5 heterocycles. The molecule has 1 fully saturated rings. The Hall–Kier alpha value is -3.29. The van der Waals surface area contributed by atoms with E-state index in [1.54, 1.807) is 6.92 Å². The summed E-state index contributed by atoms with van der Waals surface area (Å²) in [7, 11) is 0. The van der Waals surface area contributed by atoms with E-state index in [0.29, 0.717) is 30.4 Å². The molecule has 0 radical (unpaired) electrons. The largest absolute Gasteiger partial charge is 0.436 e. The lowest BCUT2D eigenvalue weighted by molar-refractivity contribution is 0.0564. The van der Waals surface area contributed by atoms with Crippen LogP contribution < -0.4 is 4.90 Å². The first kappa shape index (κ1) is 21.6. The number of carbonyl (C=O) groups is 1. The van der Waals surface area contributed by atoms with E-state index in [-0.39, 0.29) is 11.9 Å². The van der Waals surface area contributed by atoms with Crippen LogP contribution in [0.25, 0.3) is 0 Å². The van der Waals surface area contributed by atoms with Gasteiger partial charge in [0.05, 0.1) is 24.0 Å². The molecule has 3 aromatic rings. The van der Waals surface area contributed by atoms with Crippen molar-refractivity contribution in [3.05, 3.63) is 64.5 Å². The SMILES string of the molecule is Cc1nc(C)c(C(=O)N2CCCC[C@H]2c2nc(C)c3c(n2)N(Cc2ccccn2)CCC3)o1. The number of piperidine rings is 1. The van der Waals surface area contributed by atoms with Crippen LogP contribution in [0.3, 0.4) is 0 Å². The summed E-state index contributed by atoms with van der Waals surface area (Å²) in [5.74, 6) is 2.42. The number of likely N-dealkylation sites (tertiary alicyclic amines) is 1. The Balaban J connectivity index is 1.49. The topological polar surface area (TPSA) is 88.3 Å². The molecule has 0 spiro atoms. The van der Waals surface area contributed by atoms with Crippen LogP contribution in [0, 0.1) is 20.8 Å². The number of carbonyl (C=O) groups excluding carboxylic acids is 1. The number of nitrogens with zero attached hydrogens (tertiary/aromatic N) is 6. The van der Waals surface area contributed by atoms with Crippen LogP contribution in [0.1, 0.15) is 76.6 Å². The number of hydrogen-bond acceptors (Lipinski definition) is 7. The van der Waals surface area contributed by atoms with E-state index in [9.17, 15) is 4.79 Å². The van der Waals surface area contributed by atoms with Gasteiger partial charge < -0.3 is 14.2 Å². The van der Waals surface area contributed by atoms with E-state index in [1.165, 1.54) is 5.56 Å². The highest BCUT2D eigenvalue weighted by Crippen LogP contribution is 2.35. The first-order valence-electron chi connectivity index (χ1n) is 11.8. The average molecular weight is 447 g/mol. The van der Waals surface area contributed by atoms with Crippen molar-refractivity contribution >= 4 is 11.7 Å². The van der Waals surface area contributed by atoms with E-state index in [0.717, 1.165) is 61.7 Å². The van der Waals surface area contributed by atoms with Crippen LogP contribution in [-0.4, -0.2) is 43.8 Å². The zero-order valence-corrected chi connectivity index (χ0v) is 19.5. The van der Waals surface area contributed by atoms with Gasteiger partial charge in [0.2, 0.25) is 5.76 Å². The molecule has 1 atom stereocenters. The third kappa shape index (κ3) is 4.21. The fraction of sp³-hybridized carbons (Fsp3) is 0.480. The maximum absolute atomic E-state index is 13.4. The molecule has 172 valence electrons. The van der Waals surface area contributed by atoms with Crippen molar-refractivity contribution < 1.29 is 9.21 Å². The van der Waals surface area contributed by atoms with Gasteiger partial charge in [-0.3, -0.25) is 9.78 Å². The second kappa shape index (κ2) is 8.92. The summed E-state index contributed by atoms with van der Waals surface area (Å²) in [6.45, 7) is 7.96. The fourth-order valence-corrected chi connectivity index (χ4v) is 5.00. The molecule has 5 rings (SSSR count). The first-order chi connectivity index (χ1) is 16.0. The van der Waals surface area contributed by atoms with Gasteiger partial charge in [-0.15, -0.1) is 0 Å². The molecular weight excluding hydrogens is 416 g/mol. The van der Waals surface area contributed by atoms with E-state index < -0.39 is 0 Å². The van der Waals surface area contributed by atoms with Gasteiger partial charge in [-0.05, 0) is 58.1 Å². The summed E-state index contributed by atoms with van der Waals surface area (Å²) >= 11 is 0. The van der Waals surface area contributed by atoms with Crippen molar-refractivity contribution in [3.8, 4) is 0 Å². The molecule has 1 amide bonds. The van der Waals surface area contributed by atoms with Gasteiger partial charge in [0.15, 0.2) is 11.7 Å². The van der Waals surface area contributed by atoms with Crippen molar-refractivity contribution in [2.75, 3.05) is 18.0 Å². The molecule has 3 aromatic heterocycles. The molecule has 8 nitrogen and oxygen atoms in total. The molecule has 0 saturated carbocycles. The Bertz CT molecular complexity index is 1160. The number of amides is 1. The zero-order valence-electron chi connectivity index (χ0n) is 19.5. The molecule has 1 saturated heterocycles. The predicted octanol–water partition coefficient (Wildman–Crippen LogP) is 4.11. The lowest BCUT2D eigenvalue weighted by atomic mass is 9.99. The second-order valence-electron chi connectivity index (χ2n) is 8.97. The van der Waals surface area contributed by atoms with Crippen molar-refractivity contribution in [2.45, 2.75) is 65.5 Å². The Morgan fingerprint density at radius 1 is 1.06 bits per heavy atom. The minimum Gasteiger partial charge on any atom is -0.436 e. The number of rotatable bonds is 4.